The quantitative estimate of drug-likeness (QED) is 0.536. The average molecular weight is 424 g/mol. The molecule has 6 rings (SSSR count). The number of piperidine rings is 1. The highest BCUT2D eigenvalue weighted by Gasteiger charge is 2.69. The summed E-state index contributed by atoms with van der Waals surface area (Å²) in [5, 5.41) is 0. The molecule has 164 valence electrons. The summed E-state index contributed by atoms with van der Waals surface area (Å²) in [7, 11) is 1.65. The Morgan fingerprint density at radius 2 is 2.10 bits per heavy atom. The predicted octanol–water partition coefficient (Wildman–Crippen LogP) is 2.24. The summed E-state index contributed by atoms with van der Waals surface area (Å²) in [5.74, 6) is 0.539. The number of ether oxygens (including phenoxy) is 3. The number of anilines is 1. The summed E-state index contributed by atoms with van der Waals surface area (Å²) in [6.45, 7) is 5.43. The molecule has 1 amide bonds. The number of nitrogens with zero attached hydrogens (tertiary/aromatic N) is 2. The summed E-state index contributed by atoms with van der Waals surface area (Å²) in [6, 6.07) is 6.39. The van der Waals surface area contributed by atoms with Crippen molar-refractivity contribution in [2.45, 2.75) is 50.5 Å². The molecule has 1 spiro atoms. The van der Waals surface area contributed by atoms with Crippen molar-refractivity contribution in [3.8, 4) is 5.75 Å². The third-order valence-electron chi connectivity index (χ3n) is 8.33. The van der Waals surface area contributed by atoms with Crippen molar-refractivity contribution < 1.29 is 23.8 Å². The number of hydrogen-bond acceptors (Lipinski definition) is 6. The van der Waals surface area contributed by atoms with E-state index in [9.17, 15) is 9.59 Å². The Morgan fingerprint density at radius 1 is 1.26 bits per heavy atom. The van der Waals surface area contributed by atoms with Crippen molar-refractivity contribution in [1.82, 2.24) is 4.90 Å². The monoisotopic (exact) mass is 424 g/mol. The second-order valence-corrected chi connectivity index (χ2v) is 9.50. The summed E-state index contributed by atoms with van der Waals surface area (Å²) in [5.41, 5.74) is 3.33. The van der Waals surface area contributed by atoms with Crippen molar-refractivity contribution in [3.63, 3.8) is 0 Å². The van der Waals surface area contributed by atoms with E-state index in [2.05, 4.69) is 17.0 Å². The molecule has 6 atom stereocenters. The van der Waals surface area contributed by atoms with Gasteiger partial charge in [-0.25, -0.2) is 0 Å². The highest BCUT2D eigenvalue weighted by atomic mass is 16.7. The lowest BCUT2D eigenvalue weighted by atomic mass is 9.55. The molecule has 0 N–H and O–H groups in total. The van der Waals surface area contributed by atoms with Gasteiger partial charge in [-0.05, 0) is 36.9 Å². The van der Waals surface area contributed by atoms with Gasteiger partial charge in [0, 0.05) is 37.9 Å². The maximum atomic E-state index is 13.1. The van der Waals surface area contributed by atoms with Gasteiger partial charge in [0.1, 0.15) is 5.75 Å². The van der Waals surface area contributed by atoms with Gasteiger partial charge < -0.3 is 19.1 Å². The minimum absolute atomic E-state index is 0.00570. The lowest BCUT2D eigenvalue weighted by Gasteiger charge is -2.56. The first-order chi connectivity index (χ1) is 15.0. The molecule has 7 heteroatoms. The fourth-order valence-electron chi connectivity index (χ4n) is 7.40. The molecule has 0 radical (unpaired) electrons. The first kappa shape index (κ1) is 19.3. The molecule has 5 aliphatic rings. The van der Waals surface area contributed by atoms with Crippen LogP contribution in [0.2, 0.25) is 0 Å². The Morgan fingerprint density at radius 3 is 2.84 bits per heavy atom. The van der Waals surface area contributed by atoms with Crippen molar-refractivity contribution in [1.29, 1.82) is 0 Å². The number of carbonyl (C=O) groups is 2. The highest BCUT2D eigenvalue weighted by Crippen LogP contribution is 2.64. The lowest BCUT2D eigenvalue weighted by Crippen LogP contribution is -2.66. The van der Waals surface area contributed by atoms with Gasteiger partial charge in [-0.15, -0.1) is 0 Å². The molecule has 2 bridgehead atoms. The SMILES string of the molecule is COc1ccc2c(c1)N(C(C)=O)[C@H]1[C@@H]3[C@H](OC(C)=O)OCC=C4CN5CCC21[C@@H]5C[C@@H]43. The van der Waals surface area contributed by atoms with E-state index in [0.29, 0.717) is 12.6 Å². The van der Waals surface area contributed by atoms with Crippen LogP contribution in [-0.4, -0.2) is 62.0 Å². The van der Waals surface area contributed by atoms with Crippen molar-refractivity contribution >= 4 is 17.6 Å². The second-order valence-electron chi connectivity index (χ2n) is 9.50. The van der Waals surface area contributed by atoms with E-state index in [0.717, 1.165) is 37.4 Å². The van der Waals surface area contributed by atoms with Crippen LogP contribution in [-0.2, 0) is 24.5 Å². The zero-order valence-corrected chi connectivity index (χ0v) is 18.2. The van der Waals surface area contributed by atoms with Crippen LogP contribution in [0.15, 0.2) is 29.8 Å². The van der Waals surface area contributed by atoms with Gasteiger partial charge in [0.05, 0.1) is 31.4 Å². The Hall–Kier alpha value is -2.38. The molecule has 31 heavy (non-hydrogen) atoms. The molecule has 3 fully saturated rings. The molecule has 7 nitrogen and oxygen atoms in total. The molecule has 4 heterocycles. The predicted molar refractivity (Wildman–Crippen MR) is 113 cm³/mol. The van der Waals surface area contributed by atoms with Crippen LogP contribution >= 0.6 is 0 Å². The van der Waals surface area contributed by atoms with Crippen LogP contribution in [0, 0.1) is 11.8 Å². The van der Waals surface area contributed by atoms with E-state index in [-0.39, 0.29) is 35.2 Å². The minimum atomic E-state index is -0.663. The Bertz CT molecular complexity index is 1010. The number of esters is 1. The zero-order chi connectivity index (χ0) is 21.5. The molecule has 1 saturated carbocycles. The molecule has 1 unspecified atom stereocenters. The molecular formula is C24H28N2O5. The zero-order valence-electron chi connectivity index (χ0n) is 18.2. The van der Waals surface area contributed by atoms with E-state index < -0.39 is 6.29 Å². The van der Waals surface area contributed by atoms with Crippen molar-refractivity contribution in [2.75, 3.05) is 31.7 Å². The average Bonchev–Trinajstić information content (AvgIpc) is 3.20. The molecule has 1 aromatic carbocycles. The van der Waals surface area contributed by atoms with E-state index in [4.69, 9.17) is 14.2 Å². The number of methoxy groups -OCH3 is 1. The Labute approximate surface area is 181 Å². The van der Waals surface area contributed by atoms with Crippen LogP contribution < -0.4 is 9.64 Å². The second kappa shape index (κ2) is 6.56. The van der Waals surface area contributed by atoms with E-state index >= 15 is 0 Å². The van der Waals surface area contributed by atoms with Gasteiger partial charge in [0.25, 0.3) is 0 Å². The smallest absolute Gasteiger partial charge is 0.304 e. The molecule has 2 saturated heterocycles. The number of carbonyl (C=O) groups excluding carboxylic acids is 2. The number of rotatable bonds is 2. The topological polar surface area (TPSA) is 68.3 Å². The normalized spacial score (nSPS) is 37.5. The largest absolute Gasteiger partial charge is 0.497 e. The summed E-state index contributed by atoms with van der Waals surface area (Å²) < 4.78 is 17.4. The molecule has 4 aliphatic heterocycles. The Balaban J connectivity index is 1.59. The number of benzene rings is 1. The Kier molecular flexibility index (Phi) is 4.09. The summed E-state index contributed by atoms with van der Waals surface area (Å²) in [4.78, 5) is 29.7. The van der Waals surface area contributed by atoms with Gasteiger partial charge >= 0.3 is 5.97 Å². The van der Waals surface area contributed by atoms with Crippen LogP contribution in [0.4, 0.5) is 5.69 Å². The number of hydrogen-bond donors (Lipinski definition) is 0. The van der Waals surface area contributed by atoms with E-state index in [1.807, 2.05) is 17.0 Å². The van der Waals surface area contributed by atoms with Crippen LogP contribution in [0.25, 0.3) is 0 Å². The van der Waals surface area contributed by atoms with Gasteiger partial charge in [0.2, 0.25) is 12.2 Å². The van der Waals surface area contributed by atoms with E-state index in [1.165, 1.54) is 18.1 Å². The highest BCUT2D eigenvalue weighted by molar-refractivity contribution is 5.96. The third-order valence-corrected chi connectivity index (χ3v) is 8.33. The molecular weight excluding hydrogens is 396 g/mol. The van der Waals surface area contributed by atoms with Gasteiger partial charge in [-0.3, -0.25) is 14.5 Å². The number of amides is 1. The summed E-state index contributed by atoms with van der Waals surface area (Å²) >= 11 is 0. The van der Waals surface area contributed by atoms with Crippen LogP contribution in [0.1, 0.15) is 32.3 Å². The van der Waals surface area contributed by atoms with Gasteiger partial charge in [0.15, 0.2) is 0 Å². The van der Waals surface area contributed by atoms with Crippen molar-refractivity contribution in [2.24, 2.45) is 11.8 Å². The first-order valence-corrected chi connectivity index (χ1v) is 11.2. The van der Waals surface area contributed by atoms with E-state index in [1.54, 1.807) is 14.0 Å². The number of fused-ring (bicyclic) bond motifs is 2. The maximum absolute atomic E-state index is 13.1. The summed E-state index contributed by atoms with van der Waals surface area (Å²) in [6.07, 6.45) is 3.50. The van der Waals surface area contributed by atoms with Gasteiger partial charge in [-0.2, -0.15) is 0 Å². The molecule has 1 aliphatic carbocycles. The van der Waals surface area contributed by atoms with Gasteiger partial charge in [-0.1, -0.05) is 17.7 Å². The standard InChI is InChI=1S/C24H28N2O5/c1-13(27)26-19-10-16(29-3)4-5-18(19)24-7-8-25-12-15-6-9-30-23(31-14(2)28)21(22(24)26)17(15)11-20(24)25/h4-6,10,17,20-23H,7-9,11-12H2,1-3H3/t17-,20-,21+,22-,23-,24?/m0/s1. The lowest BCUT2D eigenvalue weighted by molar-refractivity contribution is -0.197. The molecule has 0 aromatic heterocycles. The maximum Gasteiger partial charge on any atom is 0.304 e. The minimum Gasteiger partial charge on any atom is -0.497 e. The van der Waals surface area contributed by atoms with Crippen molar-refractivity contribution in [3.05, 3.63) is 35.4 Å². The first-order valence-electron chi connectivity index (χ1n) is 11.2. The fourth-order valence-corrected chi connectivity index (χ4v) is 7.40. The van der Waals surface area contributed by atoms with Crippen LogP contribution in [0.3, 0.4) is 0 Å². The fraction of sp³-hybridized carbons (Fsp3) is 0.583. The third kappa shape index (κ3) is 2.42. The van der Waals surface area contributed by atoms with Crippen LogP contribution in [0.5, 0.6) is 5.75 Å². The molecule has 1 aromatic rings.